The molecule has 0 heterocycles. The molecular weight excluding hydrogens is 200 g/mol. The zero-order chi connectivity index (χ0) is 12.0. The zero-order valence-electron chi connectivity index (χ0n) is 10.4. The first-order chi connectivity index (χ1) is 7.71. The van der Waals surface area contributed by atoms with Crippen molar-refractivity contribution in [3.8, 4) is 0 Å². The summed E-state index contributed by atoms with van der Waals surface area (Å²) in [4.78, 5) is 2.29. The van der Waals surface area contributed by atoms with E-state index in [0.717, 1.165) is 13.1 Å². The Morgan fingerprint density at radius 3 is 2.69 bits per heavy atom. The highest BCUT2D eigenvalue weighted by Crippen LogP contribution is 2.16. The molecular formula is C13H22N2O. The van der Waals surface area contributed by atoms with E-state index in [4.69, 9.17) is 10.5 Å². The molecule has 1 rings (SSSR count). The summed E-state index contributed by atoms with van der Waals surface area (Å²) in [7, 11) is 1.71. The van der Waals surface area contributed by atoms with E-state index in [0.29, 0.717) is 6.54 Å². The van der Waals surface area contributed by atoms with E-state index in [9.17, 15) is 0 Å². The number of hydrogen-bond donors (Lipinski definition) is 1. The minimum Gasteiger partial charge on any atom is -0.378 e. The number of nitrogens with two attached hydrogens (primary N) is 1. The molecule has 1 aromatic carbocycles. The molecule has 3 nitrogen and oxygen atoms in total. The summed E-state index contributed by atoms with van der Waals surface area (Å²) in [6, 6.07) is 8.50. The molecule has 1 atom stereocenters. The number of benzene rings is 1. The normalized spacial score (nSPS) is 12.5. The predicted molar refractivity (Wildman–Crippen MR) is 68.9 cm³/mol. The molecule has 16 heavy (non-hydrogen) atoms. The Kier molecular flexibility index (Phi) is 5.29. The van der Waals surface area contributed by atoms with Gasteiger partial charge in [-0.15, -0.1) is 0 Å². The van der Waals surface area contributed by atoms with E-state index in [1.54, 1.807) is 7.11 Å². The van der Waals surface area contributed by atoms with E-state index in [1.807, 2.05) is 0 Å². The Bertz CT molecular complexity index is 311. The van der Waals surface area contributed by atoms with Crippen LogP contribution in [-0.4, -0.2) is 32.8 Å². The first-order valence-corrected chi connectivity index (χ1v) is 5.75. The maximum atomic E-state index is 5.64. The van der Waals surface area contributed by atoms with Gasteiger partial charge in [-0.05, 0) is 31.5 Å². The van der Waals surface area contributed by atoms with Gasteiger partial charge in [-0.3, -0.25) is 0 Å². The number of ether oxygens (including phenoxy) is 1. The van der Waals surface area contributed by atoms with Crippen molar-refractivity contribution in [3.05, 3.63) is 29.8 Å². The third-order valence-corrected chi connectivity index (χ3v) is 2.77. The van der Waals surface area contributed by atoms with Crippen molar-refractivity contribution < 1.29 is 4.74 Å². The lowest BCUT2D eigenvalue weighted by atomic mass is 10.2. The van der Waals surface area contributed by atoms with E-state index >= 15 is 0 Å². The van der Waals surface area contributed by atoms with Gasteiger partial charge in [-0.2, -0.15) is 0 Å². The smallest absolute Gasteiger partial charge is 0.0867 e. The fourth-order valence-corrected chi connectivity index (χ4v) is 1.73. The second-order valence-electron chi connectivity index (χ2n) is 3.97. The van der Waals surface area contributed by atoms with Crippen LogP contribution in [0.3, 0.4) is 0 Å². The van der Waals surface area contributed by atoms with E-state index < -0.39 is 0 Å². The van der Waals surface area contributed by atoms with Crippen LogP contribution < -0.4 is 10.6 Å². The summed E-state index contributed by atoms with van der Waals surface area (Å²) in [5, 5.41) is 0. The third-order valence-electron chi connectivity index (χ3n) is 2.77. The van der Waals surface area contributed by atoms with Crippen LogP contribution in [0.5, 0.6) is 0 Å². The molecule has 2 N–H and O–H groups in total. The van der Waals surface area contributed by atoms with Gasteiger partial charge >= 0.3 is 0 Å². The number of methoxy groups -OCH3 is 1. The summed E-state index contributed by atoms with van der Waals surface area (Å²) in [5.41, 5.74) is 8.15. The minimum absolute atomic E-state index is 0.0977. The van der Waals surface area contributed by atoms with Crippen molar-refractivity contribution in [2.45, 2.75) is 20.0 Å². The van der Waals surface area contributed by atoms with Crippen molar-refractivity contribution in [1.82, 2.24) is 0 Å². The highest BCUT2D eigenvalue weighted by Gasteiger charge is 2.11. The van der Waals surface area contributed by atoms with Crippen molar-refractivity contribution in [3.63, 3.8) is 0 Å². The highest BCUT2D eigenvalue weighted by molar-refractivity contribution is 5.48. The molecule has 0 spiro atoms. The quantitative estimate of drug-likeness (QED) is 0.797. The van der Waals surface area contributed by atoms with Crippen LogP contribution in [0, 0.1) is 6.92 Å². The van der Waals surface area contributed by atoms with Gasteiger partial charge in [-0.1, -0.05) is 12.1 Å². The number of nitrogens with zero attached hydrogens (tertiary/aromatic N) is 1. The van der Waals surface area contributed by atoms with Crippen LogP contribution >= 0.6 is 0 Å². The van der Waals surface area contributed by atoms with Crippen LogP contribution in [0.1, 0.15) is 12.5 Å². The Morgan fingerprint density at radius 2 is 2.19 bits per heavy atom. The summed E-state index contributed by atoms with van der Waals surface area (Å²) < 4.78 is 5.32. The Labute approximate surface area is 98.2 Å². The van der Waals surface area contributed by atoms with Crippen LogP contribution in [0.15, 0.2) is 24.3 Å². The standard InChI is InChI=1S/C13H22N2O/c1-4-15(10-13(9-14)16-3)12-7-5-6-11(2)8-12/h5-8,13H,4,9-10,14H2,1-3H3. The van der Waals surface area contributed by atoms with Crippen LogP contribution in [-0.2, 0) is 4.74 Å². The maximum absolute atomic E-state index is 5.64. The zero-order valence-corrected chi connectivity index (χ0v) is 10.4. The van der Waals surface area contributed by atoms with E-state index in [2.05, 4.69) is 43.0 Å². The second kappa shape index (κ2) is 6.51. The fourth-order valence-electron chi connectivity index (χ4n) is 1.73. The Balaban J connectivity index is 2.74. The molecule has 90 valence electrons. The summed E-state index contributed by atoms with van der Waals surface area (Å²) in [6.45, 7) is 6.61. The minimum atomic E-state index is 0.0977. The third kappa shape index (κ3) is 3.51. The molecule has 0 aliphatic carbocycles. The molecule has 1 unspecified atom stereocenters. The van der Waals surface area contributed by atoms with Crippen LogP contribution in [0.2, 0.25) is 0 Å². The number of anilines is 1. The fraction of sp³-hybridized carbons (Fsp3) is 0.538. The van der Waals surface area contributed by atoms with Crippen molar-refractivity contribution in [1.29, 1.82) is 0 Å². The van der Waals surface area contributed by atoms with Crippen molar-refractivity contribution in [2.75, 3.05) is 31.6 Å². The van der Waals surface area contributed by atoms with E-state index in [-0.39, 0.29) is 6.10 Å². The lowest BCUT2D eigenvalue weighted by Crippen LogP contribution is -2.37. The first-order valence-electron chi connectivity index (χ1n) is 5.75. The highest BCUT2D eigenvalue weighted by atomic mass is 16.5. The predicted octanol–water partition coefficient (Wildman–Crippen LogP) is 1.80. The van der Waals surface area contributed by atoms with Crippen molar-refractivity contribution >= 4 is 5.69 Å². The molecule has 0 amide bonds. The number of likely N-dealkylation sites (N-methyl/N-ethyl adjacent to an activating group) is 1. The Morgan fingerprint density at radius 1 is 1.44 bits per heavy atom. The van der Waals surface area contributed by atoms with Gasteiger partial charge < -0.3 is 15.4 Å². The van der Waals surface area contributed by atoms with Gasteiger partial charge in [0.1, 0.15) is 0 Å². The van der Waals surface area contributed by atoms with Gasteiger partial charge in [0.15, 0.2) is 0 Å². The molecule has 0 fully saturated rings. The van der Waals surface area contributed by atoms with Gasteiger partial charge in [0.2, 0.25) is 0 Å². The van der Waals surface area contributed by atoms with E-state index in [1.165, 1.54) is 11.3 Å². The average molecular weight is 222 g/mol. The molecule has 0 saturated heterocycles. The molecule has 0 radical (unpaired) electrons. The van der Waals surface area contributed by atoms with Crippen LogP contribution in [0.4, 0.5) is 5.69 Å². The molecule has 0 saturated carbocycles. The van der Waals surface area contributed by atoms with Gasteiger partial charge in [-0.25, -0.2) is 0 Å². The number of rotatable bonds is 6. The topological polar surface area (TPSA) is 38.5 Å². The largest absolute Gasteiger partial charge is 0.378 e. The first kappa shape index (κ1) is 13.0. The van der Waals surface area contributed by atoms with Gasteiger partial charge in [0.25, 0.3) is 0 Å². The molecule has 1 aromatic rings. The number of aryl methyl sites for hydroxylation is 1. The average Bonchev–Trinajstić information content (AvgIpc) is 2.31. The second-order valence-corrected chi connectivity index (χ2v) is 3.97. The summed E-state index contributed by atoms with van der Waals surface area (Å²) in [6.07, 6.45) is 0.0977. The van der Waals surface area contributed by atoms with Gasteiger partial charge in [0, 0.05) is 32.4 Å². The monoisotopic (exact) mass is 222 g/mol. The number of hydrogen-bond acceptors (Lipinski definition) is 3. The van der Waals surface area contributed by atoms with Crippen LogP contribution in [0.25, 0.3) is 0 Å². The van der Waals surface area contributed by atoms with Crippen molar-refractivity contribution in [2.24, 2.45) is 5.73 Å². The maximum Gasteiger partial charge on any atom is 0.0867 e. The molecule has 0 bridgehead atoms. The Hall–Kier alpha value is -1.06. The summed E-state index contributed by atoms with van der Waals surface area (Å²) in [5.74, 6) is 0. The molecule has 0 aromatic heterocycles. The molecule has 3 heteroatoms. The molecule has 0 aliphatic rings. The summed E-state index contributed by atoms with van der Waals surface area (Å²) >= 11 is 0. The molecule has 0 aliphatic heterocycles. The SMILES string of the molecule is CCN(CC(CN)OC)c1cccc(C)c1. The van der Waals surface area contributed by atoms with Gasteiger partial charge in [0.05, 0.1) is 6.10 Å². The lowest BCUT2D eigenvalue weighted by Gasteiger charge is -2.27. The lowest BCUT2D eigenvalue weighted by molar-refractivity contribution is 0.114.